The number of nitrogens with one attached hydrogen (secondary N) is 1. The minimum absolute atomic E-state index is 0.0355. The molecule has 8 heteroatoms. The second-order valence-corrected chi connectivity index (χ2v) is 9.22. The number of aryl methyl sites for hydroxylation is 1. The zero-order chi connectivity index (χ0) is 20.5. The van der Waals surface area contributed by atoms with Crippen molar-refractivity contribution in [1.82, 2.24) is 20.3 Å². The summed E-state index contributed by atoms with van der Waals surface area (Å²) < 4.78 is 6.51. The molecule has 5 rings (SSSR count). The molecule has 0 aliphatic carbocycles. The van der Waals surface area contributed by atoms with Crippen LogP contribution in [-0.2, 0) is 4.74 Å². The number of anilines is 1. The third kappa shape index (κ3) is 4.02. The lowest BCUT2D eigenvalue weighted by molar-refractivity contribution is 0.0845. The summed E-state index contributed by atoms with van der Waals surface area (Å²) in [5.41, 5.74) is 2.73. The third-order valence-corrected chi connectivity index (χ3v) is 6.80. The molecule has 0 radical (unpaired) electrons. The number of amides is 1. The number of carbonyl (C=O) groups is 1. The summed E-state index contributed by atoms with van der Waals surface area (Å²) in [4.78, 5) is 28.7. The Morgan fingerprint density at radius 3 is 2.93 bits per heavy atom. The first-order valence-electron chi connectivity index (χ1n) is 10.5. The first-order chi connectivity index (χ1) is 14.7. The van der Waals surface area contributed by atoms with E-state index in [9.17, 15) is 4.79 Å². The van der Waals surface area contributed by atoms with E-state index in [4.69, 9.17) is 9.72 Å². The maximum atomic E-state index is 12.8. The fraction of sp³-hybridized carbons (Fsp3) is 0.455. The van der Waals surface area contributed by atoms with Crippen molar-refractivity contribution in [3.05, 3.63) is 46.7 Å². The summed E-state index contributed by atoms with van der Waals surface area (Å²) in [6, 6.07) is 7.81. The van der Waals surface area contributed by atoms with Gasteiger partial charge in [0.15, 0.2) is 0 Å². The highest BCUT2D eigenvalue weighted by atomic mass is 32.1. The minimum atomic E-state index is -0.0355. The van der Waals surface area contributed by atoms with Crippen LogP contribution in [0.15, 0.2) is 30.5 Å². The van der Waals surface area contributed by atoms with Gasteiger partial charge >= 0.3 is 0 Å². The van der Waals surface area contributed by atoms with Crippen LogP contribution in [0.1, 0.15) is 46.2 Å². The number of aromatic nitrogens is 3. The predicted octanol–water partition coefficient (Wildman–Crippen LogP) is 3.30. The average molecular weight is 424 g/mol. The number of hydrogen-bond acceptors (Lipinski definition) is 7. The van der Waals surface area contributed by atoms with Gasteiger partial charge in [-0.1, -0.05) is 0 Å². The highest BCUT2D eigenvalue weighted by Gasteiger charge is 2.27. The summed E-state index contributed by atoms with van der Waals surface area (Å²) in [6.07, 6.45) is 4.77. The van der Waals surface area contributed by atoms with E-state index in [1.54, 1.807) is 11.3 Å². The largest absolute Gasteiger partial charge is 0.381 e. The summed E-state index contributed by atoms with van der Waals surface area (Å²) in [5, 5.41) is 4.19. The van der Waals surface area contributed by atoms with Crippen molar-refractivity contribution in [2.24, 2.45) is 0 Å². The number of ether oxygens (including phenoxy) is 1. The number of carbonyl (C=O) groups excluding carboxylic acids is 1. The minimum Gasteiger partial charge on any atom is -0.381 e. The molecule has 0 bridgehead atoms. The van der Waals surface area contributed by atoms with Crippen LogP contribution in [-0.4, -0.2) is 53.2 Å². The van der Waals surface area contributed by atoms with Gasteiger partial charge < -0.3 is 15.0 Å². The predicted molar refractivity (Wildman–Crippen MR) is 117 cm³/mol. The van der Waals surface area contributed by atoms with Crippen molar-refractivity contribution in [2.45, 2.75) is 38.1 Å². The molecule has 30 heavy (non-hydrogen) atoms. The molecule has 4 heterocycles. The Bertz CT molecular complexity index is 1060. The lowest BCUT2D eigenvalue weighted by atomic mass is 9.96. The summed E-state index contributed by atoms with van der Waals surface area (Å²) >= 11 is 1.61. The molecular weight excluding hydrogens is 398 g/mol. The van der Waals surface area contributed by atoms with Gasteiger partial charge in [-0.05, 0) is 50.5 Å². The van der Waals surface area contributed by atoms with Gasteiger partial charge in [0.1, 0.15) is 0 Å². The van der Waals surface area contributed by atoms with Gasteiger partial charge in [0.2, 0.25) is 5.95 Å². The maximum Gasteiger partial charge on any atom is 0.251 e. The van der Waals surface area contributed by atoms with Crippen LogP contribution >= 0.6 is 11.3 Å². The Balaban J connectivity index is 1.23. The van der Waals surface area contributed by atoms with Gasteiger partial charge in [-0.2, -0.15) is 0 Å². The number of hydrogen-bond donors (Lipinski definition) is 1. The molecule has 3 aromatic rings. The molecule has 0 spiro atoms. The SMILES string of the molecule is Cc1nc2ccc(C(=O)NC3CCN(c4nccc(C5CCOCC5)n4)C3)cc2s1. The number of benzene rings is 1. The van der Waals surface area contributed by atoms with E-state index in [2.05, 4.69) is 20.2 Å². The molecule has 2 fully saturated rings. The molecule has 2 aromatic heterocycles. The van der Waals surface area contributed by atoms with E-state index in [0.717, 1.165) is 72.4 Å². The normalized spacial score (nSPS) is 20.0. The molecule has 1 unspecified atom stereocenters. The topological polar surface area (TPSA) is 80.2 Å². The van der Waals surface area contributed by atoms with Crippen molar-refractivity contribution < 1.29 is 9.53 Å². The first-order valence-corrected chi connectivity index (χ1v) is 11.3. The van der Waals surface area contributed by atoms with Crippen molar-refractivity contribution in [3.63, 3.8) is 0 Å². The lowest BCUT2D eigenvalue weighted by Crippen LogP contribution is -2.37. The quantitative estimate of drug-likeness (QED) is 0.694. The monoisotopic (exact) mass is 423 g/mol. The molecule has 2 aliphatic rings. The van der Waals surface area contributed by atoms with E-state index in [1.165, 1.54) is 0 Å². The molecule has 7 nitrogen and oxygen atoms in total. The second kappa shape index (κ2) is 8.28. The summed E-state index contributed by atoms with van der Waals surface area (Å²) in [6.45, 7) is 5.15. The van der Waals surface area contributed by atoms with Gasteiger partial charge in [-0.3, -0.25) is 4.79 Å². The maximum absolute atomic E-state index is 12.8. The Morgan fingerprint density at radius 2 is 2.07 bits per heavy atom. The number of nitrogens with zero attached hydrogens (tertiary/aromatic N) is 4. The van der Waals surface area contributed by atoms with Gasteiger partial charge in [-0.25, -0.2) is 15.0 Å². The molecule has 1 aromatic carbocycles. The molecule has 1 N–H and O–H groups in total. The molecule has 156 valence electrons. The first kappa shape index (κ1) is 19.4. The van der Waals surface area contributed by atoms with Crippen LogP contribution in [0.4, 0.5) is 5.95 Å². The number of fused-ring (bicyclic) bond motifs is 1. The van der Waals surface area contributed by atoms with E-state index >= 15 is 0 Å². The Kier molecular flexibility index (Phi) is 5.35. The Morgan fingerprint density at radius 1 is 1.20 bits per heavy atom. The van der Waals surface area contributed by atoms with Crippen LogP contribution in [0, 0.1) is 6.92 Å². The van der Waals surface area contributed by atoms with Crippen LogP contribution in [0.25, 0.3) is 10.2 Å². The van der Waals surface area contributed by atoms with Gasteiger partial charge in [-0.15, -0.1) is 11.3 Å². The van der Waals surface area contributed by atoms with Crippen molar-refractivity contribution in [2.75, 3.05) is 31.2 Å². The van der Waals surface area contributed by atoms with E-state index < -0.39 is 0 Å². The van der Waals surface area contributed by atoms with Crippen LogP contribution in [0.2, 0.25) is 0 Å². The third-order valence-electron chi connectivity index (χ3n) is 5.87. The molecular formula is C22H25N5O2S. The van der Waals surface area contributed by atoms with Gasteiger partial charge in [0.25, 0.3) is 5.91 Å². The van der Waals surface area contributed by atoms with Crippen LogP contribution < -0.4 is 10.2 Å². The smallest absolute Gasteiger partial charge is 0.251 e. The highest BCUT2D eigenvalue weighted by molar-refractivity contribution is 7.18. The number of rotatable bonds is 4. The Hall–Kier alpha value is -2.58. The fourth-order valence-corrected chi connectivity index (χ4v) is 5.11. The van der Waals surface area contributed by atoms with Gasteiger partial charge in [0, 0.05) is 55.7 Å². The van der Waals surface area contributed by atoms with E-state index in [1.807, 2.05) is 37.4 Å². The molecule has 0 saturated carbocycles. The number of thiazole rings is 1. The van der Waals surface area contributed by atoms with Crippen molar-refractivity contribution >= 4 is 33.4 Å². The van der Waals surface area contributed by atoms with Crippen LogP contribution in [0.3, 0.4) is 0 Å². The second-order valence-electron chi connectivity index (χ2n) is 7.99. The van der Waals surface area contributed by atoms with Crippen LogP contribution in [0.5, 0.6) is 0 Å². The Labute approximate surface area is 179 Å². The zero-order valence-corrected chi connectivity index (χ0v) is 17.8. The molecule has 2 aliphatic heterocycles. The standard InChI is InChI=1S/C22H25N5O2S/c1-14-24-19-3-2-16(12-20(19)30-14)21(28)25-17-5-9-27(13-17)22-23-8-4-18(26-22)15-6-10-29-11-7-15/h2-4,8,12,15,17H,5-7,9-11,13H2,1H3,(H,25,28). The summed E-state index contributed by atoms with van der Waals surface area (Å²) in [7, 11) is 0. The van der Waals surface area contributed by atoms with E-state index in [-0.39, 0.29) is 11.9 Å². The van der Waals surface area contributed by atoms with Gasteiger partial charge in [0.05, 0.1) is 15.2 Å². The lowest BCUT2D eigenvalue weighted by Gasteiger charge is -2.23. The van der Waals surface area contributed by atoms with E-state index in [0.29, 0.717) is 11.5 Å². The molecule has 2 saturated heterocycles. The molecule has 1 amide bonds. The van der Waals surface area contributed by atoms with Crippen molar-refractivity contribution in [1.29, 1.82) is 0 Å². The average Bonchev–Trinajstić information content (AvgIpc) is 3.39. The van der Waals surface area contributed by atoms with Crippen molar-refractivity contribution in [3.8, 4) is 0 Å². The fourth-order valence-electron chi connectivity index (χ4n) is 4.24. The molecule has 1 atom stereocenters. The summed E-state index contributed by atoms with van der Waals surface area (Å²) in [5.74, 6) is 1.17. The zero-order valence-electron chi connectivity index (χ0n) is 17.0. The highest BCUT2D eigenvalue weighted by Crippen LogP contribution is 2.27.